The number of aromatic carboxylic acids is 1. The summed E-state index contributed by atoms with van der Waals surface area (Å²) in [4.78, 5) is 28.8. The van der Waals surface area contributed by atoms with Crippen molar-refractivity contribution in [2.24, 2.45) is 0 Å². The molecule has 0 aliphatic heterocycles. The predicted molar refractivity (Wildman–Crippen MR) is 95.9 cm³/mol. The molecule has 0 atom stereocenters. The van der Waals surface area contributed by atoms with Gasteiger partial charge in [0.05, 0.1) is 11.4 Å². The van der Waals surface area contributed by atoms with Gasteiger partial charge in [0.1, 0.15) is 4.88 Å². The molecule has 0 radical (unpaired) electrons. The fraction of sp³-hybridized carbons (Fsp3) is 0.167. The molecule has 0 bridgehead atoms. The Morgan fingerprint density at radius 1 is 1.17 bits per heavy atom. The Labute approximate surface area is 142 Å². The lowest BCUT2D eigenvalue weighted by atomic mass is 10.1. The fourth-order valence-corrected chi connectivity index (χ4v) is 3.41. The van der Waals surface area contributed by atoms with Crippen LogP contribution in [0.3, 0.4) is 0 Å². The molecule has 0 saturated heterocycles. The van der Waals surface area contributed by atoms with E-state index in [1.165, 1.54) is 9.96 Å². The number of carboxylic acid groups (broad SMARTS) is 1. The lowest BCUT2D eigenvalue weighted by Gasteiger charge is -2.02. The van der Waals surface area contributed by atoms with E-state index in [0.29, 0.717) is 21.9 Å². The first-order chi connectivity index (χ1) is 11.4. The minimum atomic E-state index is -1.04. The molecule has 3 rings (SSSR count). The molecule has 1 N–H and O–H groups in total. The van der Waals surface area contributed by atoms with E-state index in [2.05, 4.69) is 4.98 Å². The minimum absolute atomic E-state index is 0.138. The maximum absolute atomic E-state index is 12.6. The number of fused-ring (bicyclic) bond motifs is 1. The van der Waals surface area contributed by atoms with Crippen molar-refractivity contribution in [2.45, 2.75) is 20.8 Å². The minimum Gasteiger partial charge on any atom is -0.477 e. The Hall–Kier alpha value is -2.73. The molecule has 122 valence electrons. The maximum atomic E-state index is 12.6. The average Bonchev–Trinajstić information content (AvgIpc) is 2.88. The van der Waals surface area contributed by atoms with Crippen LogP contribution in [0.1, 0.15) is 37.7 Å². The number of hydrogen-bond donors (Lipinski definition) is 1. The molecule has 0 amide bonds. The molecular formula is C18H16N2O3S. The topological polar surface area (TPSA) is 71.7 Å². The van der Waals surface area contributed by atoms with Crippen molar-refractivity contribution in [1.82, 2.24) is 9.38 Å². The van der Waals surface area contributed by atoms with E-state index in [9.17, 15) is 14.7 Å². The monoisotopic (exact) mass is 340 g/mol. The van der Waals surface area contributed by atoms with Gasteiger partial charge in [0, 0.05) is 5.56 Å². The standard InChI is InChI=1S/C18H16N2O3S/c1-10-4-6-13(7-5-10)8-9-14-11(2)16(21)20-12(3)15(17(22)23)24-18(20)19-14/h4-9H,1-3H3,(H,22,23). The highest BCUT2D eigenvalue weighted by Gasteiger charge is 2.18. The molecule has 24 heavy (non-hydrogen) atoms. The van der Waals surface area contributed by atoms with Gasteiger partial charge in [-0.05, 0) is 32.4 Å². The first kappa shape index (κ1) is 16.1. The lowest BCUT2D eigenvalue weighted by molar-refractivity contribution is 0.0701. The molecule has 0 unspecified atom stereocenters. The van der Waals surface area contributed by atoms with Crippen LogP contribution in [0.2, 0.25) is 0 Å². The third kappa shape index (κ3) is 2.76. The Morgan fingerprint density at radius 2 is 1.83 bits per heavy atom. The number of thiazole rings is 1. The molecule has 0 fully saturated rings. The number of carboxylic acids is 1. The number of carbonyl (C=O) groups is 1. The highest BCUT2D eigenvalue weighted by atomic mass is 32.1. The van der Waals surface area contributed by atoms with Crippen LogP contribution in [-0.4, -0.2) is 20.5 Å². The summed E-state index contributed by atoms with van der Waals surface area (Å²) >= 11 is 1.01. The van der Waals surface area contributed by atoms with E-state index in [4.69, 9.17) is 0 Å². The molecule has 0 saturated carbocycles. The molecule has 0 aliphatic carbocycles. The highest BCUT2D eigenvalue weighted by molar-refractivity contribution is 7.18. The zero-order chi connectivity index (χ0) is 17.4. The van der Waals surface area contributed by atoms with Gasteiger partial charge in [-0.15, -0.1) is 0 Å². The summed E-state index contributed by atoms with van der Waals surface area (Å²) in [6.07, 6.45) is 3.68. The second kappa shape index (κ2) is 6.05. The van der Waals surface area contributed by atoms with Gasteiger partial charge in [-0.3, -0.25) is 9.20 Å². The van der Waals surface area contributed by atoms with Gasteiger partial charge < -0.3 is 5.11 Å². The van der Waals surface area contributed by atoms with Gasteiger partial charge in [-0.2, -0.15) is 0 Å². The van der Waals surface area contributed by atoms with Gasteiger partial charge in [0.15, 0.2) is 4.96 Å². The van der Waals surface area contributed by atoms with Crippen molar-refractivity contribution < 1.29 is 9.90 Å². The van der Waals surface area contributed by atoms with Gasteiger partial charge in [0.25, 0.3) is 5.56 Å². The van der Waals surface area contributed by atoms with Crippen molar-refractivity contribution in [1.29, 1.82) is 0 Å². The van der Waals surface area contributed by atoms with Crippen molar-refractivity contribution in [3.63, 3.8) is 0 Å². The van der Waals surface area contributed by atoms with Crippen LogP contribution in [-0.2, 0) is 0 Å². The summed E-state index contributed by atoms with van der Waals surface area (Å²) in [6, 6.07) is 8.01. The van der Waals surface area contributed by atoms with Crippen LogP contribution in [0, 0.1) is 20.8 Å². The molecule has 6 heteroatoms. The number of hydrogen-bond acceptors (Lipinski definition) is 4. The highest BCUT2D eigenvalue weighted by Crippen LogP contribution is 2.21. The van der Waals surface area contributed by atoms with Gasteiger partial charge >= 0.3 is 5.97 Å². The zero-order valence-corrected chi connectivity index (χ0v) is 14.3. The summed E-state index contributed by atoms with van der Waals surface area (Å²) in [7, 11) is 0. The van der Waals surface area contributed by atoms with Crippen LogP contribution < -0.4 is 5.56 Å². The Bertz CT molecular complexity index is 1030. The summed E-state index contributed by atoms with van der Waals surface area (Å²) < 4.78 is 1.37. The van der Waals surface area contributed by atoms with E-state index in [0.717, 1.165) is 16.9 Å². The Balaban J connectivity index is 2.12. The molecular weight excluding hydrogens is 324 g/mol. The third-order valence-electron chi connectivity index (χ3n) is 3.88. The number of benzene rings is 1. The number of aryl methyl sites for hydroxylation is 2. The second-order valence-electron chi connectivity index (χ2n) is 5.61. The molecule has 1 aromatic carbocycles. The van der Waals surface area contributed by atoms with Crippen molar-refractivity contribution >= 4 is 34.4 Å². The average molecular weight is 340 g/mol. The van der Waals surface area contributed by atoms with Gasteiger partial charge in [0.2, 0.25) is 0 Å². The number of rotatable bonds is 3. The molecule has 5 nitrogen and oxygen atoms in total. The first-order valence-electron chi connectivity index (χ1n) is 7.39. The SMILES string of the molecule is Cc1ccc(C=Cc2nc3sc(C(=O)O)c(C)n3c(=O)c2C)cc1. The van der Waals surface area contributed by atoms with E-state index < -0.39 is 5.97 Å². The lowest BCUT2D eigenvalue weighted by Crippen LogP contribution is -2.19. The van der Waals surface area contributed by atoms with Crippen LogP contribution in [0.5, 0.6) is 0 Å². The van der Waals surface area contributed by atoms with Crippen molar-refractivity contribution in [2.75, 3.05) is 0 Å². The van der Waals surface area contributed by atoms with E-state index in [1.54, 1.807) is 19.9 Å². The van der Waals surface area contributed by atoms with Crippen LogP contribution >= 0.6 is 11.3 Å². The summed E-state index contributed by atoms with van der Waals surface area (Å²) in [6.45, 7) is 5.35. The van der Waals surface area contributed by atoms with Crippen LogP contribution in [0.15, 0.2) is 29.1 Å². The van der Waals surface area contributed by atoms with E-state index in [1.807, 2.05) is 37.3 Å². The van der Waals surface area contributed by atoms with Crippen molar-refractivity contribution in [3.8, 4) is 0 Å². The Morgan fingerprint density at radius 3 is 2.46 bits per heavy atom. The van der Waals surface area contributed by atoms with Crippen molar-refractivity contribution in [3.05, 3.63) is 67.6 Å². The number of aromatic nitrogens is 2. The summed E-state index contributed by atoms with van der Waals surface area (Å²) in [5, 5.41) is 9.22. The molecule has 0 spiro atoms. The molecule has 2 heterocycles. The molecule has 0 aliphatic rings. The predicted octanol–water partition coefficient (Wildman–Crippen LogP) is 3.55. The van der Waals surface area contributed by atoms with E-state index in [-0.39, 0.29) is 10.4 Å². The second-order valence-corrected chi connectivity index (χ2v) is 6.59. The van der Waals surface area contributed by atoms with Gasteiger partial charge in [-0.25, -0.2) is 9.78 Å². The first-order valence-corrected chi connectivity index (χ1v) is 8.21. The van der Waals surface area contributed by atoms with E-state index >= 15 is 0 Å². The molecule has 3 aromatic rings. The Kier molecular flexibility index (Phi) is 4.07. The maximum Gasteiger partial charge on any atom is 0.347 e. The normalized spacial score (nSPS) is 11.5. The fourth-order valence-electron chi connectivity index (χ4n) is 2.45. The third-order valence-corrected chi connectivity index (χ3v) is 5.01. The molecule has 2 aromatic heterocycles. The summed E-state index contributed by atoms with van der Waals surface area (Å²) in [5.41, 5.74) is 3.42. The zero-order valence-electron chi connectivity index (χ0n) is 13.5. The van der Waals surface area contributed by atoms with Crippen LogP contribution in [0.25, 0.3) is 17.1 Å². The summed E-state index contributed by atoms with van der Waals surface area (Å²) in [5.74, 6) is -1.04. The quantitative estimate of drug-likeness (QED) is 0.791. The van der Waals surface area contributed by atoms with Gasteiger partial charge in [-0.1, -0.05) is 47.2 Å². The van der Waals surface area contributed by atoms with Crippen LogP contribution in [0.4, 0.5) is 0 Å². The number of nitrogens with zero attached hydrogens (tertiary/aromatic N) is 2. The largest absolute Gasteiger partial charge is 0.477 e. The smallest absolute Gasteiger partial charge is 0.347 e.